The van der Waals surface area contributed by atoms with Gasteiger partial charge in [-0.25, -0.2) is 4.98 Å². The Labute approximate surface area is 176 Å². The molecule has 29 heavy (non-hydrogen) atoms. The van der Waals surface area contributed by atoms with Gasteiger partial charge in [-0.3, -0.25) is 4.99 Å². The van der Waals surface area contributed by atoms with E-state index in [0.717, 1.165) is 24.1 Å². The Morgan fingerprint density at radius 2 is 2.03 bits per heavy atom. The lowest BCUT2D eigenvalue weighted by Crippen LogP contribution is -2.40. The fourth-order valence-corrected chi connectivity index (χ4v) is 3.12. The molecule has 0 aliphatic rings. The van der Waals surface area contributed by atoms with E-state index in [1.165, 1.54) is 5.56 Å². The van der Waals surface area contributed by atoms with Crippen molar-refractivity contribution in [2.45, 2.75) is 13.1 Å². The quantitative estimate of drug-likeness (QED) is 0.454. The Bertz CT molecular complexity index is 926. The minimum atomic E-state index is 0.528. The molecule has 0 amide bonds. The number of halogens is 1. The van der Waals surface area contributed by atoms with Gasteiger partial charge in [0.15, 0.2) is 5.96 Å². The van der Waals surface area contributed by atoms with Crippen molar-refractivity contribution in [2.75, 3.05) is 27.2 Å². The summed E-state index contributed by atoms with van der Waals surface area (Å²) in [6, 6.07) is 17.8. The Kier molecular flexibility index (Phi) is 7.53. The van der Waals surface area contributed by atoms with Crippen molar-refractivity contribution >= 4 is 17.6 Å². The number of nitrogens with zero attached hydrogens (tertiary/aromatic N) is 4. The number of nitrogens with one attached hydrogen (secondary N) is 1. The molecule has 0 saturated heterocycles. The molecule has 0 aliphatic heterocycles. The largest absolute Gasteiger partial charge is 0.492 e. The van der Waals surface area contributed by atoms with E-state index < -0.39 is 0 Å². The summed E-state index contributed by atoms with van der Waals surface area (Å²) in [6.07, 6.45) is 3.82. The van der Waals surface area contributed by atoms with Crippen molar-refractivity contribution < 1.29 is 4.74 Å². The van der Waals surface area contributed by atoms with E-state index in [1.54, 1.807) is 13.1 Å². The van der Waals surface area contributed by atoms with Crippen LogP contribution in [-0.2, 0) is 13.1 Å². The minimum absolute atomic E-state index is 0.528. The molecule has 1 heterocycles. The van der Waals surface area contributed by atoms with E-state index in [1.807, 2.05) is 60.7 Å². The van der Waals surface area contributed by atoms with Crippen LogP contribution in [0.1, 0.15) is 11.4 Å². The lowest BCUT2D eigenvalue weighted by molar-refractivity contribution is 0.281. The topological polar surface area (TPSA) is 54.7 Å². The number of aromatic nitrogens is 2. The predicted octanol–water partition coefficient (Wildman–Crippen LogP) is 3.67. The molecule has 2 aromatic carbocycles. The number of hydrogen-bond donors (Lipinski definition) is 1. The maximum Gasteiger partial charge on any atom is 0.193 e. The van der Waals surface area contributed by atoms with Crippen LogP contribution < -0.4 is 10.1 Å². The van der Waals surface area contributed by atoms with Crippen LogP contribution in [0.2, 0.25) is 5.02 Å². The number of ether oxygens (including phenoxy) is 1. The lowest BCUT2D eigenvalue weighted by atomic mass is 10.2. The van der Waals surface area contributed by atoms with Gasteiger partial charge in [-0.2, -0.15) is 0 Å². The van der Waals surface area contributed by atoms with Crippen LogP contribution in [0.25, 0.3) is 0 Å². The third-order valence-corrected chi connectivity index (χ3v) is 4.70. The van der Waals surface area contributed by atoms with E-state index >= 15 is 0 Å². The number of aliphatic imine (C=N–C) groups is 1. The van der Waals surface area contributed by atoms with Gasteiger partial charge in [0.1, 0.15) is 18.2 Å². The number of benzene rings is 2. The van der Waals surface area contributed by atoms with Gasteiger partial charge in [0, 0.05) is 38.1 Å². The van der Waals surface area contributed by atoms with Crippen molar-refractivity contribution in [3.8, 4) is 5.75 Å². The highest BCUT2D eigenvalue weighted by atomic mass is 35.5. The third-order valence-electron chi connectivity index (χ3n) is 4.47. The van der Waals surface area contributed by atoms with Gasteiger partial charge in [-0.05, 0) is 23.8 Å². The van der Waals surface area contributed by atoms with Gasteiger partial charge < -0.3 is 19.5 Å². The maximum absolute atomic E-state index is 5.99. The fraction of sp³-hybridized carbons (Fsp3) is 0.273. The van der Waals surface area contributed by atoms with Gasteiger partial charge in [0.2, 0.25) is 0 Å². The Morgan fingerprint density at radius 3 is 2.79 bits per heavy atom. The average molecular weight is 412 g/mol. The summed E-state index contributed by atoms with van der Waals surface area (Å²) >= 11 is 5.99. The number of guanidine groups is 1. The van der Waals surface area contributed by atoms with Gasteiger partial charge in [-0.1, -0.05) is 48.0 Å². The molecule has 152 valence electrons. The Hall–Kier alpha value is -2.99. The van der Waals surface area contributed by atoms with Gasteiger partial charge in [0.25, 0.3) is 0 Å². The number of rotatable bonds is 8. The van der Waals surface area contributed by atoms with Crippen LogP contribution in [0.5, 0.6) is 5.75 Å². The van der Waals surface area contributed by atoms with E-state index in [4.69, 9.17) is 16.3 Å². The highest BCUT2D eigenvalue weighted by Crippen LogP contribution is 2.16. The van der Waals surface area contributed by atoms with Crippen LogP contribution in [-0.4, -0.2) is 47.7 Å². The summed E-state index contributed by atoms with van der Waals surface area (Å²) in [7, 11) is 3.75. The SMILES string of the molecule is CN=C(NCc1nccn1Cc1ccccc1)N(C)CCOc1cccc(Cl)c1. The zero-order valence-electron chi connectivity index (χ0n) is 16.8. The molecule has 0 unspecified atom stereocenters. The molecule has 0 bridgehead atoms. The van der Waals surface area contributed by atoms with Gasteiger partial charge >= 0.3 is 0 Å². The highest BCUT2D eigenvalue weighted by Gasteiger charge is 2.09. The van der Waals surface area contributed by atoms with Gasteiger partial charge in [-0.15, -0.1) is 0 Å². The normalized spacial score (nSPS) is 11.3. The van der Waals surface area contributed by atoms with E-state index in [-0.39, 0.29) is 0 Å². The number of likely N-dealkylation sites (N-methyl/N-ethyl adjacent to an activating group) is 1. The van der Waals surface area contributed by atoms with E-state index in [9.17, 15) is 0 Å². The van der Waals surface area contributed by atoms with Crippen molar-refractivity contribution in [1.29, 1.82) is 0 Å². The molecule has 0 fully saturated rings. The summed E-state index contributed by atoms with van der Waals surface area (Å²) in [5, 5.41) is 4.04. The molecule has 7 heteroatoms. The molecule has 0 spiro atoms. The average Bonchev–Trinajstić information content (AvgIpc) is 3.16. The second-order valence-corrected chi connectivity index (χ2v) is 7.02. The second kappa shape index (κ2) is 10.5. The van der Waals surface area contributed by atoms with Crippen molar-refractivity contribution in [2.24, 2.45) is 4.99 Å². The summed E-state index contributed by atoms with van der Waals surface area (Å²) in [5.74, 6) is 2.50. The molecule has 0 saturated carbocycles. The first kappa shape index (κ1) is 20.7. The molecule has 0 radical (unpaired) electrons. The monoisotopic (exact) mass is 411 g/mol. The van der Waals surface area contributed by atoms with Crippen molar-refractivity contribution in [3.63, 3.8) is 0 Å². The summed E-state index contributed by atoms with van der Waals surface area (Å²) in [5.41, 5.74) is 1.24. The zero-order chi connectivity index (χ0) is 20.5. The Morgan fingerprint density at radius 1 is 1.21 bits per heavy atom. The number of hydrogen-bond acceptors (Lipinski definition) is 3. The fourth-order valence-electron chi connectivity index (χ4n) is 2.94. The van der Waals surface area contributed by atoms with E-state index in [2.05, 4.69) is 32.0 Å². The van der Waals surface area contributed by atoms with Crippen molar-refractivity contribution in [1.82, 2.24) is 19.8 Å². The maximum atomic E-state index is 5.99. The molecule has 0 aliphatic carbocycles. The third kappa shape index (κ3) is 6.26. The molecular weight excluding hydrogens is 386 g/mol. The predicted molar refractivity (Wildman–Crippen MR) is 118 cm³/mol. The van der Waals surface area contributed by atoms with Crippen LogP contribution in [0, 0.1) is 0 Å². The molecule has 3 rings (SSSR count). The molecule has 3 aromatic rings. The van der Waals surface area contributed by atoms with Gasteiger partial charge in [0.05, 0.1) is 13.1 Å². The minimum Gasteiger partial charge on any atom is -0.492 e. The zero-order valence-corrected chi connectivity index (χ0v) is 17.5. The molecule has 1 N–H and O–H groups in total. The van der Waals surface area contributed by atoms with E-state index in [0.29, 0.717) is 24.7 Å². The van der Waals surface area contributed by atoms with Crippen LogP contribution >= 0.6 is 11.6 Å². The molecule has 6 nitrogen and oxygen atoms in total. The summed E-state index contributed by atoms with van der Waals surface area (Å²) in [4.78, 5) is 10.9. The number of imidazole rings is 1. The van der Waals surface area contributed by atoms with Crippen LogP contribution in [0.3, 0.4) is 0 Å². The molecular formula is C22H26ClN5O. The summed E-state index contributed by atoms with van der Waals surface area (Å²) in [6.45, 7) is 2.59. The first-order chi connectivity index (χ1) is 14.2. The van der Waals surface area contributed by atoms with Crippen molar-refractivity contribution in [3.05, 3.63) is 83.4 Å². The lowest BCUT2D eigenvalue weighted by Gasteiger charge is -2.22. The standard InChI is InChI=1S/C22H26ClN5O/c1-24-22(27(2)13-14-29-20-10-6-9-19(23)15-20)26-16-21-25-11-12-28(21)17-18-7-4-3-5-8-18/h3-12,15H,13-14,16-17H2,1-2H3,(H,24,26). The molecule has 1 aromatic heterocycles. The first-order valence-electron chi connectivity index (χ1n) is 9.50. The van der Waals surface area contributed by atoms with Crippen LogP contribution in [0.15, 0.2) is 72.0 Å². The summed E-state index contributed by atoms with van der Waals surface area (Å²) < 4.78 is 7.90. The Balaban J connectivity index is 1.49. The second-order valence-electron chi connectivity index (χ2n) is 6.59. The first-order valence-corrected chi connectivity index (χ1v) is 9.87. The molecule has 0 atom stereocenters. The highest BCUT2D eigenvalue weighted by molar-refractivity contribution is 6.30. The van der Waals surface area contributed by atoms with Crippen LogP contribution in [0.4, 0.5) is 0 Å². The smallest absolute Gasteiger partial charge is 0.193 e.